The summed E-state index contributed by atoms with van der Waals surface area (Å²) < 4.78 is 14.1. The summed E-state index contributed by atoms with van der Waals surface area (Å²) in [4.78, 5) is 0. The van der Waals surface area contributed by atoms with Crippen LogP contribution < -0.4 is 5.32 Å². The third kappa shape index (κ3) is 2.91. The molecule has 2 heteroatoms. The van der Waals surface area contributed by atoms with Crippen molar-refractivity contribution in [1.29, 1.82) is 0 Å². The number of benzene rings is 2. The van der Waals surface area contributed by atoms with Gasteiger partial charge < -0.3 is 5.32 Å². The lowest BCUT2D eigenvalue weighted by molar-refractivity contribution is 0.317. The highest BCUT2D eigenvalue weighted by atomic mass is 19.1. The van der Waals surface area contributed by atoms with E-state index in [0.717, 1.165) is 31.5 Å². The van der Waals surface area contributed by atoms with Crippen LogP contribution in [0.1, 0.15) is 23.5 Å². The van der Waals surface area contributed by atoms with Gasteiger partial charge >= 0.3 is 0 Å². The third-order valence-corrected chi connectivity index (χ3v) is 4.25. The van der Waals surface area contributed by atoms with Crippen LogP contribution in [0.5, 0.6) is 0 Å². The van der Waals surface area contributed by atoms with Crippen molar-refractivity contribution in [3.63, 3.8) is 0 Å². The first kappa shape index (κ1) is 13.3. The molecular formula is C18H20FN. The molecule has 0 aliphatic carbocycles. The molecule has 1 saturated heterocycles. The van der Waals surface area contributed by atoms with E-state index in [1.807, 2.05) is 18.2 Å². The van der Waals surface area contributed by atoms with Crippen LogP contribution in [0.2, 0.25) is 0 Å². The van der Waals surface area contributed by atoms with Crippen molar-refractivity contribution in [1.82, 2.24) is 5.32 Å². The van der Waals surface area contributed by atoms with Gasteiger partial charge in [-0.05, 0) is 55.0 Å². The molecule has 0 radical (unpaired) electrons. The molecule has 0 spiro atoms. The van der Waals surface area contributed by atoms with Gasteiger partial charge in [-0.1, -0.05) is 48.5 Å². The second kappa shape index (κ2) is 6.19. The van der Waals surface area contributed by atoms with Crippen LogP contribution in [-0.2, 0) is 6.42 Å². The summed E-state index contributed by atoms with van der Waals surface area (Å²) in [6.45, 7) is 1.94. The van der Waals surface area contributed by atoms with E-state index in [9.17, 15) is 4.39 Å². The molecule has 1 aliphatic heterocycles. The van der Waals surface area contributed by atoms with Crippen molar-refractivity contribution < 1.29 is 4.39 Å². The van der Waals surface area contributed by atoms with Gasteiger partial charge in [0.15, 0.2) is 0 Å². The van der Waals surface area contributed by atoms with E-state index in [0.29, 0.717) is 11.8 Å². The van der Waals surface area contributed by atoms with Gasteiger partial charge in [0, 0.05) is 0 Å². The molecule has 0 saturated carbocycles. The molecule has 2 unspecified atom stereocenters. The number of hydrogen-bond acceptors (Lipinski definition) is 1. The Morgan fingerprint density at radius 2 is 1.75 bits per heavy atom. The fourth-order valence-corrected chi connectivity index (χ4v) is 3.24. The second-order valence-corrected chi connectivity index (χ2v) is 5.57. The lowest BCUT2D eigenvalue weighted by atomic mass is 9.78. The number of halogens is 1. The molecule has 2 atom stereocenters. The highest BCUT2D eigenvalue weighted by Gasteiger charge is 2.28. The van der Waals surface area contributed by atoms with E-state index in [2.05, 4.69) is 29.6 Å². The molecular weight excluding hydrogens is 249 g/mol. The normalized spacial score (nSPS) is 22.6. The van der Waals surface area contributed by atoms with E-state index < -0.39 is 0 Å². The number of hydrogen-bond donors (Lipinski definition) is 1. The summed E-state index contributed by atoms with van der Waals surface area (Å²) in [7, 11) is 0. The molecule has 104 valence electrons. The Morgan fingerprint density at radius 3 is 2.55 bits per heavy atom. The highest BCUT2D eigenvalue weighted by Crippen LogP contribution is 2.33. The molecule has 2 aromatic carbocycles. The lowest BCUT2D eigenvalue weighted by Gasteiger charge is -2.33. The lowest BCUT2D eigenvalue weighted by Crippen LogP contribution is -2.36. The van der Waals surface area contributed by atoms with Gasteiger partial charge in [0.25, 0.3) is 0 Å². The van der Waals surface area contributed by atoms with E-state index in [4.69, 9.17) is 0 Å². The maximum Gasteiger partial charge on any atom is 0.126 e. The number of piperidine rings is 1. The van der Waals surface area contributed by atoms with Crippen molar-refractivity contribution in [2.45, 2.75) is 18.8 Å². The van der Waals surface area contributed by atoms with Crippen molar-refractivity contribution in [2.24, 2.45) is 5.92 Å². The molecule has 3 rings (SSSR count). The minimum absolute atomic E-state index is 0.0579. The summed E-state index contributed by atoms with van der Waals surface area (Å²) in [5, 5.41) is 3.45. The fraction of sp³-hybridized carbons (Fsp3) is 0.333. The Labute approximate surface area is 119 Å². The SMILES string of the molecule is Fc1ccccc1C1CCNCC1Cc1ccccc1. The van der Waals surface area contributed by atoms with Crippen molar-refractivity contribution in [3.05, 3.63) is 71.5 Å². The summed E-state index contributed by atoms with van der Waals surface area (Å²) in [5.41, 5.74) is 2.22. The Bertz CT molecular complexity index is 552. The zero-order valence-corrected chi connectivity index (χ0v) is 11.6. The van der Waals surface area contributed by atoms with Gasteiger partial charge in [-0.3, -0.25) is 0 Å². The van der Waals surface area contributed by atoms with Gasteiger partial charge in [0.05, 0.1) is 0 Å². The predicted molar refractivity (Wildman–Crippen MR) is 80.3 cm³/mol. The quantitative estimate of drug-likeness (QED) is 0.894. The monoisotopic (exact) mass is 269 g/mol. The Morgan fingerprint density at radius 1 is 1.00 bits per heavy atom. The average molecular weight is 269 g/mol. The topological polar surface area (TPSA) is 12.0 Å². The molecule has 2 aromatic rings. The first-order valence-electron chi connectivity index (χ1n) is 7.33. The zero-order valence-electron chi connectivity index (χ0n) is 11.6. The molecule has 1 fully saturated rings. The predicted octanol–water partition coefficient (Wildman–Crippen LogP) is 3.76. The molecule has 1 heterocycles. The van der Waals surface area contributed by atoms with Crippen molar-refractivity contribution in [2.75, 3.05) is 13.1 Å². The largest absolute Gasteiger partial charge is 0.316 e. The summed E-state index contributed by atoms with van der Waals surface area (Å²) in [6, 6.07) is 17.7. The molecule has 0 aromatic heterocycles. The van der Waals surface area contributed by atoms with Crippen LogP contribution in [0.25, 0.3) is 0 Å². The maximum atomic E-state index is 14.1. The first-order chi connectivity index (χ1) is 9.84. The van der Waals surface area contributed by atoms with E-state index in [1.54, 1.807) is 12.1 Å². The highest BCUT2D eigenvalue weighted by molar-refractivity contribution is 5.25. The van der Waals surface area contributed by atoms with E-state index >= 15 is 0 Å². The smallest absolute Gasteiger partial charge is 0.126 e. The standard InChI is InChI=1S/C18H20FN/c19-18-9-5-4-8-17(18)16-10-11-20-13-15(16)12-14-6-2-1-3-7-14/h1-9,15-16,20H,10-13H2. The summed E-state index contributed by atoms with van der Waals surface area (Å²) >= 11 is 0. The molecule has 1 aliphatic rings. The number of rotatable bonds is 3. The number of nitrogens with one attached hydrogen (secondary N) is 1. The summed E-state index contributed by atoms with van der Waals surface area (Å²) in [6.07, 6.45) is 2.02. The van der Waals surface area contributed by atoms with Gasteiger partial charge in [0.1, 0.15) is 5.82 Å². The molecule has 1 N–H and O–H groups in total. The van der Waals surface area contributed by atoms with Gasteiger partial charge in [-0.25, -0.2) is 4.39 Å². The molecule has 1 nitrogen and oxygen atoms in total. The Hall–Kier alpha value is -1.67. The van der Waals surface area contributed by atoms with E-state index in [-0.39, 0.29) is 5.82 Å². The summed E-state index contributed by atoms with van der Waals surface area (Å²) in [5.74, 6) is 0.721. The van der Waals surface area contributed by atoms with Crippen molar-refractivity contribution >= 4 is 0 Å². The molecule has 0 bridgehead atoms. The Kier molecular flexibility index (Phi) is 4.12. The second-order valence-electron chi connectivity index (χ2n) is 5.57. The fourth-order valence-electron chi connectivity index (χ4n) is 3.24. The van der Waals surface area contributed by atoms with Crippen LogP contribution >= 0.6 is 0 Å². The van der Waals surface area contributed by atoms with Crippen LogP contribution in [-0.4, -0.2) is 13.1 Å². The minimum Gasteiger partial charge on any atom is -0.316 e. The van der Waals surface area contributed by atoms with Crippen LogP contribution in [0.3, 0.4) is 0 Å². The minimum atomic E-state index is -0.0579. The average Bonchev–Trinajstić information content (AvgIpc) is 2.50. The zero-order chi connectivity index (χ0) is 13.8. The van der Waals surface area contributed by atoms with Gasteiger partial charge in [-0.2, -0.15) is 0 Å². The van der Waals surface area contributed by atoms with Crippen molar-refractivity contribution in [3.8, 4) is 0 Å². The maximum absolute atomic E-state index is 14.1. The molecule has 0 amide bonds. The first-order valence-corrected chi connectivity index (χ1v) is 7.33. The van der Waals surface area contributed by atoms with E-state index in [1.165, 1.54) is 5.56 Å². The van der Waals surface area contributed by atoms with Crippen LogP contribution in [0.4, 0.5) is 4.39 Å². The van der Waals surface area contributed by atoms with Gasteiger partial charge in [-0.15, -0.1) is 0 Å². The molecule has 20 heavy (non-hydrogen) atoms. The van der Waals surface area contributed by atoms with Crippen LogP contribution in [0.15, 0.2) is 54.6 Å². The Balaban J connectivity index is 1.83. The van der Waals surface area contributed by atoms with Gasteiger partial charge in [0.2, 0.25) is 0 Å². The van der Waals surface area contributed by atoms with Crippen LogP contribution in [0, 0.1) is 11.7 Å². The third-order valence-electron chi connectivity index (χ3n) is 4.25.